The van der Waals surface area contributed by atoms with E-state index < -0.39 is 168 Å². The van der Waals surface area contributed by atoms with Gasteiger partial charge in [0.1, 0.15) is 72.4 Å². The van der Waals surface area contributed by atoms with Crippen LogP contribution in [0.1, 0.15) is 120 Å². The molecule has 0 unspecified atom stereocenters. The second kappa shape index (κ2) is 37.2. The van der Waals surface area contributed by atoms with Crippen LogP contribution in [-0.2, 0) is 86.8 Å². The number of carboxylic acids is 1. The number of likely N-dealkylation sites (tertiary alicyclic amines) is 2. The number of benzene rings is 6. The number of ether oxygens (including phenoxy) is 2. The molecule has 12 bridgehead atoms. The third-order valence-electron chi connectivity index (χ3n) is 21.7. The number of ketones is 1. The number of aliphatic hydroxyl groups is 2. The molecule has 0 saturated carbocycles. The summed E-state index contributed by atoms with van der Waals surface area (Å²) in [5, 5.41) is 75.4. The number of rotatable bonds is 17. The van der Waals surface area contributed by atoms with Gasteiger partial charge in [0, 0.05) is 51.1 Å². The van der Waals surface area contributed by atoms with Gasteiger partial charge in [0.25, 0.3) is 0 Å². The van der Waals surface area contributed by atoms with E-state index in [0.717, 1.165) is 21.5 Å². The molecule has 2 aromatic heterocycles. The van der Waals surface area contributed by atoms with E-state index in [1.807, 2.05) is 84.9 Å². The standard InChI is InChI=1S/C84H104N16O15/c1-48(85-9)74(104)91-72(83(3,4)5)80(110)97-42-62-38-69(97)78(108)88-66(35-52-19-25-54-15-11-13-17-56(54)32-52)71(103)37-58(76(106)87-61(44-101)45-102)31-50-21-27-64(28-22-50)114-46-59-41-100(96-93-59)63-39-70(98(43-63)81(111)73(84(6,7)8)92-75(105)49(2)86-10)79(109)89-67(36-53-20-26-55-16-12-14-18-57(55)33-53)77(107)90-68(82(112)113)34-51-23-29-65(30-24-51)115-47-60-40-99(62)95-94-60/h11-30,32-33,40-41,48-49,58,61-63,66-70,72-73,85-86,101-102H,31,34-39,42-47H2,1-10H3,(H,87,106)(H,88,108)(H,89,109)(H,90,107)(H,91,104)(H,92,105)(H,112,113)/t48-,49-,58+,62-,63-,66-,67-,68-,69-,70-,72+,73+/m0/s1. The van der Waals surface area contributed by atoms with E-state index in [9.17, 15) is 39.3 Å². The van der Waals surface area contributed by atoms with Gasteiger partial charge in [-0.2, -0.15) is 0 Å². The molecule has 2 saturated heterocycles. The summed E-state index contributed by atoms with van der Waals surface area (Å²) in [7, 11) is 3.22. The highest BCUT2D eigenvalue weighted by molar-refractivity contribution is 5.99. The predicted octanol–water partition coefficient (Wildman–Crippen LogP) is 3.76. The van der Waals surface area contributed by atoms with Crippen LogP contribution in [0.2, 0.25) is 0 Å². The molecule has 11 N–H and O–H groups in total. The summed E-state index contributed by atoms with van der Waals surface area (Å²) < 4.78 is 15.5. The number of aliphatic hydroxyl groups excluding tert-OH is 2. The number of aromatic nitrogens is 6. The van der Waals surface area contributed by atoms with Gasteiger partial charge in [0.2, 0.25) is 47.3 Å². The molecule has 0 aliphatic carbocycles. The van der Waals surface area contributed by atoms with Gasteiger partial charge in [-0.3, -0.25) is 43.2 Å². The number of hydrogen-bond acceptors (Lipinski definition) is 20. The van der Waals surface area contributed by atoms with Crippen LogP contribution in [0.5, 0.6) is 11.5 Å². The monoisotopic (exact) mass is 1580 g/mol. The summed E-state index contributed by atoms with van der Waals surface area (Å²) in [5.74, 6) is -7.39. The van der Waals surface area contributed by atoms with Gasteiger partial charge >= 0.3 is 5.97 Å². The zero-order valence-corrected chi connectivity index (χ0v) is 66.4. The number of amides is 8. The maximum absolute atomic E-state index is 15.5. The van der Waals surface area contributed by atoms with Crippen molar-refractivity contribution in [3.05, 3.63) is 179 Å². The smallest absolute Gasteiger partial charge is 0.326 e. The Balaban J connectivity index is 0.944. The van der Waals surface area contributed by atoms with Crippen LogP contribution in [0.4, 0.5) is 0 Å². The molecule has 8 amide bonds. The molecule has 6 aliphatic heterocycles. The number of likely N-dealkylation sites (N-methyl/N-ethyl adjacent to an activating group) is 2. The summed E-state index contributed by atoms with van der Waals surface area (Å²) in [6, 6.07) is 26.7. The minimum atomic E-state index is -1.52. The summed E-state index contributed by atoms with van der Waals surface area (Å²) in [6.07, 6.45) is 2.27. The van der Waals surface area contributed by atoms with Crippen molar-refractivity contribution < 1.29 is 72.7 Å². The first-order valence-corrected chi connectivity index (χ1v) is 38.8. The largest absolute Gasteiger partial charge is 0.487 e. The lowest BCUT2D eigenvalue weighted by Crippen LogP contribution is -2.60. The van der Waals surface area contributed by atoms with Gasteiger partial charge in [0.15, 0.2) is 5.78 Å². The van der Waals surface area contributed by atoms with Crippen LogP contribution in [-0.4, -0.2) is 215 Å². The Labute approximate surface area is 666 Å². The maximum Gasteiger partial charge on any atom is 0.326 e. The Bertz CT molecular complexity index is 4820. The molecular formula is C84H104N16O15. The molecule has 8 aromatic rings. The Hall–Kier alpha value is -11.5. The Morgan fingerprint density at radius 2 is 0.957 bits per heavy atom. The van der Waals surface area contributed by atoms with Crippen molar-refractivity contribution in [1.29, 1.82) is 0 Å². The number of carbonyl (C=O) groups is 10. The van der Waals surface area contributed by atoms with E-state index in [1.165, 1.54) is 19.2 Å². The number of aliphatic carboxylic acids is 1. The predicted molar refractivity (Wildman–Crippen MR) is 425 cm³/mol. The number of nitrogens with zero attached hydrogens (tertiary/aromatic N) is 8. The van der Waals surface area contributed by atoms with Gasteiger partial charge in [-0.1, -0.05) is 161 Å². The van der Waals surface area contributed by atoms with Crippen molar-refractivity contribution in [2.45, 2.75) is 186 Å². The molecular weight excluding hydrogens is 1470 g/mol. The minimum Gasteiger partial charge on any atom is -0.487 e. The van der Waals surface area contributed by atoms with Crippen molar-refractivity contribution >= 4 is 80.6 Å². The van der Waals surface area contributed by atoms with Crippen molar-refractivity contribution in [2.24, 2.45) is 16.7 Å². The Morgan fingerprint density at radius 1 is 0.530 bits per heavy atom. The van der Waals surface area contributed by atoms with E-state index in [-0.39, 0.29) is 64.8 Å². The van der Waals surface area contributed by atoms with Crippen molar-refractivity contribution in [3.63, 3.8) is 0 Å². The summed E-state index contributed by atoms with van der Waals surface area (Å²) in [5.41, 5.74) is 1.25. The molecule has 31 heteroatoms. The van der Waals surface area contributed by atoms with Crippen LogP contribution < -0.4 is 52.0 Å². The van der Waals surface area contributed by atoms with Gasteiger partial charge in [-0.05, 0) is 120 Å². The molecule has 31 nitrogen and oxygen atoms in total. The average Bonchev–Trinajstić information content (AvgIpc) is 1.65. The first kappa shape index (κ1) is 84.4. The normalized spacial score (nSPS) is 21.3. The number of fused-ring (bicyclic) bond motifs is 2. The van der Waals surface area contributed by atoms with Crippen LogP contribution in [0.3, 0.4) is 0 Å². The fourth-order valence-corrected chi connectivity index (χ4v) is 14.6. The fraction of sp³-hybridized carbons (Fsp3) is 0.452. The van der Waals surface area contributed by atoms with Gasteiger partial charge in [-0.15, -0.1) is 10.2 Å². The number of hydrogen-bond donors (Lipinski definition) is 11. The highest BCUT2D eigenvalue weighted by atomic mass is 16.5. The summed E-state index contributed by atoms with van der Waals surface area (Å²) in [4.78, 5) is 150. The molecule has 0 spiro atoms. The first-order chi connectivity index (χ1) is 54.9. The first-order valence-electron chi connectivity index (χ1n) is 38.8. The van der Waals surface area contributed by atoms with Crippen molar-refractivity contribution in [3.8, 4) is 11.5 Å². The molecule has 8 heterocycles. The SMILES string of the molecule is CN[C@@H](C)C(=O)N[C@H](C(=O)N1C[C@@H]2C[C@H]1C(=O)N[C@@H](Cc1ccc3ccccc3c1)C(=O)C[C@H](C(=O)NC(CO)CO)Cc1ccc(cc1)OCc1cn(nn1)[C@H]1C[C@@H](C(=O)N[C@@H](Cc3ccc4ccccc4c3)C(=O)N[C@H](C(=O)O)Cc3ccc(cc3)OCc3cn2nn3)N(C(=O)[C@@H](NC(=O)[C@H](C)NC)C(C)(C)C)C1)C(C)(C)C. The molecule has 6 aromatic carbocycles. The zero-order chi connectivity index (χ0) is 82.6. The van der Waals surface area contributed by atoms with Crippen LogP contribution in [0, 0.1) is 16.7 Å². The second-order valence-corrected chi connectivity index (χ2v) is 32.3. The summed E-state index contributed by atoms with van der Waals surface area (Å²) >= 11 is 0. The zero-order valence-electron chi connectivity index (χ0n) is 66.4. The van der Waals surface area contributed by atoms with E-state index in [2.05, 4.69) is 63.2 Å². The minimum absolute atomic E-state index is 0.0380. The van der Waals surface area contributed by atoms with E-state index in [1.54, 1.807) is 130 Å². The van der Waals surface area contributed by atoms with Crippen molar-refractivity contribution in [2.75, 3.05) is 40.4 Å². The molecule has 12 atom stereocenters. The van der Waals surface area contributed by atoms with Crippen molar-refractivity contribution in [1.82, 2.24) is 82.3 Å². The van der Waals surface area contributed by atoms with Crippen LogP contribution >= 0.6 is 0 Å². The number of carbonyl (C=O) groups excluding carboxylic acids is 9. The Kier molecular flexibility index (Phi) is 27.3. The van der Waals surface area contributed by atoms with E-state index in [0.29, 0.717) is 45.1 Å². The molecule has 2 fully saturated rings. The van der Waals surface area contributed by atoms with Crippen LogP contribution in [0.25, 0.3) is 21.5 Å². The highest BCUT2D eigenvalue weighted by Crippen LogP contribution is 2.35. The van der Waals surface area contributed by atoms with Gasteiger partial charge in [0.05, 0.1) is 61.9 Å². The van der Waals surface area contributed by atoms with Crippen LogP contribution in [0.15, 0.2) is 146 Å². The lowest BCUT2D eigenvalue weighted by atomic mass is 9.85. The lowest BCUT2D eigenvalue weighted by Gasteiger charge is -2.36. The second-order valence-electron chi connectivity index (χ2n) is 32.3. The van der Waals surface area contributed by atoms with Gasteiger partial charge < -0.3 is 77.1 Å². The topological polar surface area (TPSA) is 414 Å². The number of nitrogens with one attached hydrogen (secondary N) is 8. The maximum atomic E-state index is 15.5. The van der Waals surface area contributed by atoms with E-state index >= 15 is 24.0 Å². The highest BCUT2D eigenvalue weighted by Gasteiger charge is 2.49. The fourth-order valence-electron chi connectivity index (χ4n) is 14.6. The molecule has 6 aliphatic rings. The number of Topliss-reactive ketones (excluding diaryl/α,β-unsaturated/α-hetero) is 1. The molecule has 115 heavy (non-hydrogen) atoms. The molecule has 610 valence electrons. The third-order valence-corrected chi connectivity index (χ3v) is 21.7. The number of carboxylic acid groups (broad SMARTS) is 1. The average molecular weight is 1580 g/mol. The van der Waals surface area contributed by atoms with Gasteiger partial charge in [-0.25, -0.2) is 14.2 Å². The lowest BCUT2D eigenvalue weighted by molar-refractivity contribution is -0.145. The molecule has 0 radical (unpaired) electrons. The quantitative estimate of drug-likeness (QED) is 0.0618. The van der Waals surface area contributed by atoms with E-state index in [4.69, 9.17) is 9.47 Å². The Morgan fingerprint density at radius 3 is 1.38 bits per heavy atom. The third kappa shape index (κ3) is 21.3. The molecule has 14 rings (SSSR count). The summed E-state index contributed by atoms with van der Waals surface area (Å²) in [6.45, 7) is 12.3.